The second kappa shape index (κ2) is 4.57. The van der Waals surface area contributed by atoms with Crippen molar-refractivity contribution in [1.29, 1.82) is 0 Å². The van der Waals surface area contributed by atoms with Crippen LogP contribution in [0.2, 0.25) is 0 Å². The Morgan fingerprint density at radius 1 is 1.43 bits per heavy atom. The van der Waals surface area contributed by atoms with Crippen LogP contribution in [0.5, 0.6) is 0 Å². The Balaban J connectivity index is 2.52. The van der Waals surface area contributed by atoms with Crippen LogP contribution in [0.3, 0.4) is 0 Å². The molecule has 0 atom stereocenters. The largest absolute Gasteiger partial charge is 0.396 e. The predicted octanol–water partition coefficient (Wildman–Crippen LogP) is 0.344. The fourth-order valence-corrected chi connectivity index (χ4v) is 1.28. The number of aliphatic hydroxyl groups is 2. The zero-order valence-corrected chi connectivity index (χ0v) is 8.77. The van der Waals surface area contributed by atoms with Gasteiger partial charge in [-0.05, 0) is 18.9 Å². The van der Waals surface area contributed by atoms with Gasteiger partial charge in [-0.1, -0.05) is 6.92 Å². The van der Waals surface area contributed by atoms with E-state index in [0.29, 0.717) is 0 Å². The maximum Gasteiger partial charge on any atom is 0.0506 e. The van der Waals surface area contributed by atoms with Gasteiger partial charge in [0.05, 0.1) is 13.2 Å². The van der Waals surface area contributed by atoms with Crippen molar-refractivity contribution < 1.29 is 10.2 Å². The topological polar surface area (TPSA) is 58.3 Å². The normalized spacial score (nSPS) is 12.0. The minimum atomic E-state index is -0.385. The monoisotopic (exact) mass is 198 g/mol. The summed E-state index contributed by atoms with van der Waals surface area (Å²) < 4.78 is 1.81. The van der Waals surface area contributed by atoms with Crippen LogP contribution in [-0.4, -0.2) is 33.2 Å². The van der Waals surface area contributed by atoms with Crippen molar-refractivity contribution in [2.75, 3.05) is 13.2 Å². The van der Waals surface area contributed by atoms with Gasteiger partial charge < -0.3 is 10.2 Å². The Hall–Kier alpha value is -0.870. The van der Waals surface area contributed by atoms with Crippen molar-refractivity contribution in [3.8, 4) is 0 Å². The van der Waals surface area contributed by atoms with Crippen LogP contribution in [0.25, 0.3) is 0 Å². The summed E-state index contributed by atoms with van der Waals surface area (Å²) in [6, 6.07) is 1.95. The van der Waals surface area contributed by atoms with Crippen molar-refractivity contribution in [3.63, 3.8) is 0 Å². The molecule has 0 saturated heterocycles. The van der Waals surface area contributed by atoms with Gasteiger partial charge in [0, 0.05) is 24.4 Å². The summed E-state index contributed by atoms with van der Waals surface area (Å²) >= 11 is 0. The molecule has 0 saturated carbocycles. The first kappa shape index (κ1) is 11.2. The van der Waals surface area contributed by atoms with Gasteiger partial charge in [0.25, 0.3) is 0 Å². The molecule has 0 unspecified atom stereocenters. The van der Waals surface area contributed by atoms with Crippen LogP contribution in [0, 0.1) is 5.41 Å². The van der Waals surface area contributed by atoms with Gasteiger partial charge in [0.2, 0.25) is 0 Å². The van der Waals surface area contributed by atoms with Crippen LogP contribution >= 0.6 is 0 Å². The highest BCUT2D eigenvalue weighted by atomic mass is 16.3. The average molecular weight is 198 g/mol. The lowest BCUT2D eigenvalue weighted by Gasteiger charge is -2.24. The van der Waals surface area contributed by atoms with Crippen molar-refractivity contribution in [2.24, 2.45) is 12.5 Å². The van der Waals surface area contributed by atoms with Crippen LogP contribution in [0.1, 0.15) is 19.0 Å². The van der Waals surface area contributed by atoms with E-state index in [1.165, 1.54) is 0 Å². The molecule has 4 nitrogen and oxygen atoms in total. The molecule has 0 aliphatic heterocycles. The minimum Gasteiger partial charge on any atom is -0.396 e. The first-order valence-electron chi connectivity index (χ1n) is 4.80. The SMILES string of the molecule is Cn1nccc1CCC(C)(CO)CO. The summed E-state index contributed by atoms with van der Waals surface area (Å²) in [6.45, 7) is 1.91. The quantitative estimate of drug-likeness (QED) is 0.717. The third kappa shape index (κ3) is 2.56. The lowest BCUT2D eigenvalue weighted by atomic mass is 9.87. The van der Waals surface area contributed by atoms with Crippen LogP contribution in [0.15, 0.2) is 12.3 Å². The second-order valence-electron chi connectivity index (χ2n) is 4.07. The van der Waals surface area contributed by atoms with Gasteiger partial charge >= 0.3 is 0 Å². The first-order valence-corrected chi connectivity index (χ1v) is 4.80. The highest BCUT2D eigenvalue weighted by Gasteiger charge is 2.22. The van der Waals surface area contributed by atoms with E-state index < -0.39 is 0 Å². The van der Waals surface area contributed by atoms with Crippen LogP contribution < -0.4 is 0 Å². The Morgan fingerprint density at radius 2 is 2.07 bits per heavy atom. The summed E-state index contributed by atoms with van der Waals surface area (Å²) in [5, 5.41) is 22.3. The Kier molecular flexibility index (Phi) is 3.66. The maximum absolute atomic E-state index is 9.10. The highest BCUT2D eigenvalue weighted by Crippen LogP contribution is 2.21. The molecule has 2 N–H and O–H groups in total. The van der Waals surface area contributed by atoms with E-state index in [1.807, 2.05) is 24.7 Å². The zero-order chi connectivity index (χ0) is 10.6. The number of nitrogens with zero attached hydrogens (tertiary/aromatic N) is 2. The number of hydrogen-bond donors (Lipinski definition) is 2. The Labute approximate surface area is 84.2 Å². The van der Waals surface area contributed by atoms with E-state index in [1.54, 1.807) is 6.20 Å². The van der Waals surface area contributed by atoms with Gasteiger partial charge in [-0.3, -0.25) is 4.68 Å². The molecule has 0 aromatic carbocycles. The number of hydrogen-bond acceptors (Lipinski definition) is 3. The van der Waals surface area contributed by atoms with Crippen molar-refractivity contribution in [2.45, 2.75) is 19.8 Å². The van der Waals surface area contributed by atoms with Gasteiger partial charge in [0.15, 0.2) is 0 Å². The van der Waals surface area contributed by atoms with Gasteiger partial charge in [-0.2, -0.15) is 5.10 Å². The molecule has 1 aromatic heterocycles. The standard InChI is InChI=1S/C10H18N2O2/c1-10(7-13,8-14)5-3-9-4-6-11-12(9)2/h4,6,13-14H,3,5,7-8H2,1-2H3. The van der Waals surface area contributed by atoms with Crippen LogP contribution in [0.4, 0.5) is 0 Å². The molecule has 14 heavy (non-hydrogen) atoms. The molecule has 0 amide bonds. The highest BCUT2D eigenvalue weighted by molar-refractivity contribution is 5.00. The fraction of sp³-hybridized carbons (Fsp3) is 0.700. The summed E-state index contributed by atoms with van der Waals surface area (Å²) in [7, 11) is 1.89. The van der Waals surface area contributed by atoms with Gasteiger partial charge in [-0.15, -0.1) is 0 Å². The second-order valence-corrected chi connectivity index (χ2v) is 4.07. The predicted molar refractivity (Wildman–Crippen MR) is 53.8 cm³/mol. The molecule has 0 bridgehead atoms. The molecule has 0 radical (unpaired) electrons. The average Bonchev–Trinajstić information content (AvgIpc) is 2.61. The molecule has 0 aliphatic carbocycles. The number of rotatable bonds is 5. The maximum atomic E-state index is 9.10. The molecule has 80 valence electrons. The van der Waals surface area contributed by atoms with E-state index in [4.69, 9.17) is 10.2 Å². The Bertz CT molecular complexity index is 279. The lowest BCUT2D eigenvalue weighted by molar-refractivity contribution is 0.0627. The summed E-state index contributed by atoms with van der Waals surface area (Å²) in [5.41, 5.74) is 0.739. The molecular formula is C10H18N2O2. The smallest absolute Gasteiger partial charge is 0.0506 e. The summed E-state index contributed by atoms with van der Waals surface area (Å²) in [6.07, 6.45) is 3.35. The van der Waals surface area contributed by atoms with E-state index >= 15 is 0 Å². The number of aryl methyl sites for hydroxylation is 2. The molecule has 0 fully saturated rings. The molecule has 1 aromatic rings. The fourth-order valence-electron chi connectivity index (χ4n) is 1.28. The lowest BCUT2D eigenvalue weighted by Crippen LogP contribution is -2.26. The zero-order valence-electron chi connectivity index (χ0n) is 8.77. The van der Waals surface area contributed by atoms with E-state index in [9.17, 15) is 0 Å². The molecular weight excluding hydrogens is 180 g/mol. The van der Waals surface area contributed by atoms with Crippen molar-refractivity contribution >= 4 is 0 Å². The van der Waals surface area contributed by atoms with Crippen molar-refractivity contribution in [3.05, 3.63) is 18.0 Å². The third-order valence-corrected chi connectivity index (χ3v) is 2.67. The third-order valence-electron chi connectivity index (χ3n) is 2.67. The van der Waals surface area contributed by atoms with E-state index in [2.05, 4.69) is 5.10 Å². The first-order chi connectivity index (χ1) is 6.61. The molecule has 0 aliphatic rings. The number of aromatic nitrogens is 2. The van der Waals surface area contributed by atoms with Gasteiger partial charge in [-0.25, -0.2) is 0 Å². The molecule has 1 rings (SSSR count). The Morgan fingerprint density at radius 3 is 2.50 bits per heavy atom. The van der Waals surface area contributed by atoms with E-state index in [-0.39, 0.29) is 18.6 Å². The molecule has 1 heterocycles. The molecule has 0 spiro atoms. The van der Waals surface area contributed by atoms with Crippen molar-refractivity contribution in [1.82, 2.24) is 9.78 Å². The summed E-state index contributed by atoms with van der Waals surface area (Å²) in [5.74, 6) is 0. The van der Waals surface area contributed by atoms with Gasteiger partial charge in [0.1, 0.15) is 0 Å². The van der Waals surface area contributed by atoms with Crippen LogP contribution in [-0.2, 0) is 13.5 Å². The summed E-state index contributed by atoms with van der Waals surface area (Å²) in [4.78, 5) is 0. The molecule has 4 heteroatoms. The minimum absolute atomic E-state index is 0.0152. The number of aliphatic hydroxyl groups excluding tert-OH is 2. The van der Waals surface area contributed by atoms with E-state index in [0.717, 1.165) is 18.5 Å².